The minimum absolute atomic E-state index is 0.00366. The van der Waals surface area contributed by atoms with Crippen LogP contribution in [0, 0.1) is 16.7 Å². The molecule has 6 nitrogen and oxygen atoms in total. The molecule has 1 heterocycles. The summed E-state index contributed by atoms with van der Waals surface area (Å²) in [5, 5.41) is 0.170. The number of alkyl halides is 2. The highest BCUT2D eigenvalue weighted by Gasteiger charge is 2.60. The molecule has 1 aliphatic rings. The van der Waals surface area contributed by atoms with E-state index in [1.165, 1.54) is 52.1 Å². The van der Waals surface area contributed by atoms with Gasteiger partial charge < -0.3 is 4.74 Å². The van der Waals surface area contributed by atoms with E-state index in [9.17, 15) is 28.0 Å². The van der Waals surface area contributed by atoms with Crippen molar-refractivity contribution in [1.29, 1.82) is 0 Å². The summed E-state index contributed by atoms with van der Waals surface area (Å²) in [6, 6.07) is 5.33. The molecule has 1 aromatic carbocycles. The first-order chi connectivity index (χ1) is 13.4. The molecule has 29 heavy (non-hydrogen) atoms. The van der Waals surface area contributed by atoms with Crippen LogP contribution in [0.1, 0.15) is 38.1 Å². The maximum atomic E-state index is 13.3. The standard InChI is InChI=1S/C21H19F2NO5/c1-20(2)16(26)13(17(27)21(3,4)18(20)28)15(25)11-7-8-12(29-19(22)23)14-10(11)6-5-9-24-14/h5-9,13,19H,1-4H3. The second kappa shape index (κ2) is 6.79. The Balaban J connectivity index is 2.16. The minimum atomic E-state index is -3.09. The highest BCUT2D eigenvalue weighted by molar-refractivity contribution is 6.38. The quantitative estimate of drug-likeness (QED) is 0.574. The van der Waals surface area contributed by atoms with E-state index in [-0.39, 0.29) is 22.2 Å². The fourth-order valence-electron chi connectivity index (χ4n) is 3.79. The van der Waals surface area contributed by atoms with Crippen molar-refractivity contribution >= 4 is 34.0 Å². The van der Waals surface area contributed by atoms with Crippen LogP contribution in [0.4, 0.5) is 8.78 Å². The molecule has 0 radical (unpaired) electrons. The molecule has 8 heteroatoms. The van der Waals surface area contributed by atoms with Gasteiger partial charge in [-0.25, -0.2) is 0 Å². The van der Waals surface area contributed by atoms with Crippen LogP contribution in [-0.4, -0.2) is 34.7 Å². The number of hydrogen-bond acceptors (Lipinski definition) is 6. The van der Waals surface area contributed by atoms with Crippen molar-refractivity contribution in [2.45, 2.75) is 34.3 Å². The summed E-state index contributed by atoms with van der Waals surface area (Å²) in [6.07, 6.45) is 1.34. The van der Waals surface area contributed by atoms with Gasteiger partial charge in [0.25, 0.3) is 0 Å². The number of fused-ring (bicyclic) bond motifs is 1. The summed E-state index contributed by atoms with van der Waals surface area (Å²) in [5.41, 5.74) is -3.04. The SMILES string of the molecule is CC1(C)C(=O)C(C(=O)c2ccc(OC(F)F)c3ncccc23)C(=O)C(C)(C)C1=O. The molecule has 1 aliphatic carbocycles. The lowest BCUT2D eigenvalue weighted by Gasteiger charge is -2.40. The van der Waals surface area contributed by atoms with Crippen LogP contribution >= 0.6 is 0 Å². The number of hydrogen-bond donors (Lipinski definition) is 0. The third-order valence-electron chi connectivity index (χ3n) is 5.37. The summed E-state index contributed by atoms with van der Waals surface area (Å²) in [7, 11) is 0. The average Bonchev–Trinajstić information content (AvgIpc) is 2.66. The summed E-state index contributed by atoms with van der Waals surface area (Å²) in [6.45, 7) is 2.49. The third-order valence-corrected chi connectivity index (χ3v) is 5.37. The van der Waals surface area contributed by atoms with Crippen molar-refractivity contribution in [3.8, 4) is 5.75 Å². The Kier molecular flexibility index (Phi) is 4.85. The first-order valence-electron chi connectivity index (χ1n) is 8.91. The predicted octanol–water partition coefficient (Wildman–Crippen LogP) is 3.41. The van der Waals surface area contributed by atoms with Gasteiger partial charge in [0.15, 0.2) is 28.9 Å². The molecule has 0 amide bonds. The van der Waals surface area contributed by atoms with Gasteiger partial charge in [-0.1, -0.05) is 6.07 Å². The molecule has 1 saturated carbocycles. The van der Waals surface area contributed by atoms with Crippen molar-refractivity contribution in [3.63, 3.8) is 0 Å². The van der Waals surface area contributed by atoms with Gasteiger partial charge in [0.2, 0.25) is 0 Å². The zero-order chi connectivity index (χ0) is 21.7. The number of benzene rings is 1. The monoisotopic (exact) mass is 403 g/mol. The molecule has 2 aromatic rings. The van der Waals surface area contributed by atoms with Gasteiger partial charge in [-0.2, -0.15) is 8.78 Å². The first-order valence-corrected chi connectivity index (χ1v) is 8.91. The van der Waals surface area contributed by atoms with Gasteiger partial charge in [0.05, 0.1) is 10.8 Å². The Hall–Kier alpha value is -3.03. The number of ketones is 4. The van der Waals surface area contributed by atoms with E-state index in [0.29, 0.717) is 0 Å². The molecule has 0 unspecified atom stereocenters. The number of halogens is 2. The summed E-state index contributed by atoms with van der Waals surface area (Å²) in [5.74, 6) is -4.79. The van der Waals surface area contributed by atoms with E-state index in [2.05, 4.69) is 9.72 Å². The Bertz CT molecular complexity index is 1030. The number of pyridine rings is 1. The van der Waals surface area contributed by atoms with E-state index in [1.807, 2.05) is 0 Å². The number of rotatable bonds is 4. The zero-order valence-electron chi connectivity index (χ0n) is 16.3. The maximum absolute atomic E-state index is 13.3. The molecular weight excluding hydrogens is 384 g/mol. The number of aromatic nitrogens is 1. The van der Waals surface area contributed by atoms with Crippen molar-refractivity contribution in [2.24, 2.45) is 16.7 Å². The second-order valence-corrected chi connectivity index (χ2v) is 7.99. The van der Waals surface area contributed by atoms with Gasteiger partial charge in [0, 0.05) is 17.1 Å². The second-order valence-electron chi connectivity index (χ2n) is 7.99. The van der Waals surface area contributed by atoms with Crippen molar-refractivity contribution < 1.29 is 32.7 Å². The Labute approximate surface area is 165 Å². The Morgan fingerprint density at radius 1 is 1.03 bits per heavy atom. The van der Waals surface area contributed by atoms with Crippen molar-refractivity contribution in [1.82, 2.24) is 4.98 Å². The van der Waals surface area contributed by atoms with E-state index >= 15 is 0 Å². The van der Waals surface area contributed by atoms with Crippen LogP contribution < -0.4 is 4.74 Å². The Morgan fingerprint density at radius 2 is 1.62 bits per heavy atom. The highest BCUT2D eigenvalue weighted by atomic mass is 19.3. The molecule has 1 fully saturated rings. The topological polar surface area (TPSA) is 90.4 Å². The molecule has 0 atom stereocenters. The lowest BCUT2D eigenvalue weighted by Crippen LogP contribution is -2.59. The lowest BCUT2D eigenvalue weighted by atomic mass is 9.57. The molecule has 0 N–H and O–H groups in total. The first kappa shape index (κ1) is 20.7. The molecule has 152 valence electrons. The van der Waals surface area contributed by atoms with Crippen molar-refractivity contribution in [3.05, 3.63) is 36.0 Å². The van der Waals surface area contributed by atoms with Gasteiger partial charge in [-0.3, -0.25) is 24.2 Å². The average molecular weight is 403 g/mol. The van der Waals surface area contributed by atoms with Crippen LogP contribution in [0.15, 0.2) is 30.5 Å². The summed E-state index contributed by atoms with van der Waals surface area (Å²) < 4.78 is 29.8. The number of nitrogens with zero attached hydrogens (tertiary/aromatic N) is 1. The molecule has 0 aliphatic heterocycles. The largest absolute Gasteiger partial charge is 0.432 e. The smallest absolute Gasteiger partial charge is 0.387 e. The molecule has 3 rings (SSSR count). The normalized spacial score (nSPS) is 19.1. The van der Waals surface area contributed by atoms with Gasteiger partial charge in [-0.05, 0) is 45.9 Å². The fourth-order valence-corrected chi connectivity index (χ4v) is 3.79. The molecule has 0 bridgehead atoms. The fraction of sp³-hybridized carbons (Fsp3) is 0.381. The van der Waals surface area contributed by atoms with Crippen molar-refractivity contribution in [2.75, 3.05) is 0 Å². The summed E-state index contributed by atoms with van der Waals surface area (Å²) >= 11 is 0. The third kappa shape index (κ3) is 3.12. The van der Waals surface area contributed by atoms with Gasteiger partial charge >= 0.3 is 6.61 Å². The van der Waals surface area contributed by atoms with Crippen LogP contribution in [0.5, 0.6) is 5.75 Å². The van der Waals surface area contributed by atoms with Gasteiger partial charge in [-0.15, -0.1) is 0 Å². The number of carbonyl (C=O) groups is 4. The van der Waals surface area contributed by atoms with E-state index in [1.54, 1.807) is 0 Å². The van der Waals surface area contributed by atoms with E-state index in [0.717, 1.165) is 6.07 Å². The lowest BCUT2D eigenvalue weighted by molar-refractivity contribution is -0.158. The summed E-state index contributed by atoms with van der Waals surface area (Å²) in [4.78, 5) is 55.7. The molecular formula is C21H19F2NO5. The molecule has 1 aromatic heterocycles. The number of Topliss-reactive ketones (excluding diaryl/α,β-unsaturated/α-hetero) is 4. The zero-order valence-corrected chi connectivity index (χ0v) is 16.3. The number of ether oxygens (including phenoxy) is 1. The predicted molar refractivity (Wildman–Crippen MR) is 98.8 cm³/mol. The minimum Gasteiger partial charge on any atom is -0.432 e. The van der Waals surface area contributed by atoms with Crippen LogP contribution in [0.3, 0.4) is 0 Å². The van der Waals surface area contributed by atoms with E-state index < -0.39 is 46.5 Å². The van der Waals surface area contributed by atoms with E-state index in [4.69, 9.17) is 0 Å². The van der Waals surface area contributed by atoms with Crippen LogP contribution in [0.25, 0.3) is 10.9 Å². The number of carbonyl (C=O) groups excluding carboxylic acids is 4. The van der Waals surface area contributed by atoms with Gasteiger partial charge in [0.1, 0.15) is 11.4 Å². The molecule has 0 spiro atoms. The Morgan fingerprint density at radius 3 is 2.17 bits per heavy atom. The molecule has 0 saturated heterocycles. The van der Waals surface area contributed by atoms with Crippen LogP contribution in [0.2, 0.25) is 0 Å². The van der Waals surface area contributed by atoms with Crippen LogP contribution in [-0.2, 0) is 14.4 Å². The maximum Gasteiger partial charge on any atom is 0.387 e. The highest BCUT2D eigenvalue weighted by Crippen LogP contribution is 2.42.